The van der Waals surface area contributed by atoms with Gasteiger partial charge in [0.25, 0.3) is 0 Å². The Morgan fingerprint density at radius 3 is 2.75 bits per heavy atom. The highest BCUT2D eigenvalue weighted by molar-refractivity contribution is 5.89. The number of aromatic nitrogens is 1. The molecule has 0 bridgehead atoms. The van der Waals surface area contributed by atoms with Crippen LogP contribution in [0.2, 0.25) is 0 Å². The number of hydrogen-bond acceptors (Lipinski definition) is 3. The molecule has 1 fully saturated rings. The van der Waals surface area contributed by atoms with E-state index in [1.165, 1.54) is 0 Å². The number of carbonyl (C=O) groups is 1. The van der Waals surface area contributed by atoms with Crippen LogP contribution in [0.4, 0.5) is 0 Å². The molecule has 2 rings (SSSR count). The molecule has 1 aromatic rings. The van der Waals surface area contributed by atoms with Crippen LogP contribution in [-0.4, -0.2) is 17.1 Å². The van der Waals surface area contributed by atoms with Gasteiger partial charge in [-0.2, -0.15) is 0 Å². The van der Waals surface area contributed by atoms with Gasteiger partial charge in [-0.25, -0.2) is 0 Å². The number of nitrogens with zero attached hydrogens (tertiary/aromatic N) is 1. The molecule has 2 heterocycles. The zero-order valence-electron chi connectivity index (χ0n) is 9.56. The summed E-state index contributed by atoms with van der Waals surface area (Å²) in [6, 6.07) is 3.66. The maximum Gasteiger partial charge on any atom is 0.234 e. The van der Waals surface area contributed by atoms with Gasteiger partial charge in [0.1, 0.15) is 11.2 Å². The quantitative estimate of drug-likeness (QED) is 0.786. The average Bonchev–Trinajstić information content (AvgIpc) is 2.32. The lowest BCUT2D eigenvalue weighted by Gasteiger charge is -2.46. The molecular weight excluding hydrogens is 204 g/mol. The van der Waals surface area contributed by atoms with Crippen molar-refractivity contribution in [2.75, 3.05) is 0 Å². The summed E-state index contributed by atoms with van der Waals surface area (Å²) in [4.78, 5) is 15.6. The SMILES string of the molecule is CCC1(CC)C(=O)NC1Oc1cccnc1. The van der Waals surface area contributed by atoms with Crippen LogP contribution in [-0.2, 0) is 4.79 Å². The molecule has 1 saturated heterocycles. The molecule has 1 unspecified atom stereocenters. The molecule has 1 amide bonds. The highest BCUT2D eigenvalue weighted by Crippen LogP contribution is 2.38. The van der Waals surface area contributed by atoms with Gasteiger partial charge in [-0.1, -0.05) is 13.8 Å². The Kier molecular flexibility index (Phi) is 2.81. The Hall–Kier alpha value is -1.58. The molecule has 0 spiro atoms. The van der Waals surface area contributed by atoms with Gasteiger partial charge in [0.2, 0.25) is 5.91 Å². The predicted molar refractivity (Wildman–Crippen MR) is 59.8 cm³/mol. The standard InChI is InChI=1S/C12H16N2O2/c1-3-12(4-2)10(15)14-11(12)16-9-6-5-7-13-8-9/h5-8,11H,3-4H2,1-2H3,(H,14,15). The molecule has 1 aliphatic rings. The molecule has 4 heteroatoms. The number of rotatable bonds is 4. The van der Waals surface area contributed by atoms with Crippen LogP contribution >= 0.6 is 0 Å². The van der Waals surface area contributed by atoms with Gasteiger partial charge in [0.15, 0.2) is 6.23 Å². The first-order valence-corrected chi connectivity index (χ1v) is 5.60. The summed E-state index contributed by atoms with van der Waals surface area (Å²) in [7, 11) is 0. The molecule has 86 valence electrons. The molecular formula is C12H16N2O2. The highest BCUT2D eigenvalue weighted by Gasteiger charge is 2.54. The number of pyridine rings is 1. The fourth-order valence-electron chi connectivity index (χ4n) is 2.08. The van der Waals surface area contributed by atoms with E-state index in [1.54, 1.807) is 12.4 Å². The summed E-state index contributed by atoms with van der Waals surface area (Å²) in [5.41, 5.74) is -0.365. The number of amides is 1. The Morgan fingerprint density at radius 1 is 1.50 bits per heavy atom. The number of carbonyl (C=O) groups excluding carboxylic acids is 1. The first kappa shape index (κ1) is 10.9. The van der Waals surface area contributed by atoms with Crippen molar-refractivity contribution in [1.29, 1.82) is 0 Å². The third-order valence-electron chi connectivity index (χ3n) is 3.37. The van der Waals surface area contributed by atoms with Gasteiger partial charge < -0.3 is 10.1 Å². The topological polar surface area (TPSA) is 51.2 Å². The van der Waals surface area contributed by atoms with Crippen LogP contribution in [0.5, 0.6) is 5.75 Å². The number of ether oxygens (including phenoxy) is 1. The molecule has 1 aromatic heterocycles. The van der Waals surface area contributed by atoms with E-state index in [2.05, 4.69) is 10.3 Å². The van der Waals surface area contributed by atoms with E-state index in [9.17, 15) is 4.79 Å². The predicted octanol–water partition coefficient (Wildman–Crippen LogP) is 1.72. The molecule has 1 N–H and O–H groups in total. The number of β-lactam (4-membered cyclic amide) rings is 1. The number of nitrogens with one attached hydrogen (secondary N) is 1. The lowest BCUT2D eigenvalue weighted by Crippen LogP contribution is -2.69. The average molecular weight is 220 g/mol. The van der Waals surface area contributed by atoms with Gasteiger partial charge in [-0.05, 0) is 25.0 Å². The van der Waals surface area contributed by atoms with Crippen molar-refractivity contribution in [3.05, 3.63) is 24.5 Å². The summed E-state index contributed by atoms with van der Waals surface area (Å²) in [6.45, 7) is 4.03. The van der Waals surface area contributed by atoms with Gasteiger partial charge >= 0.3 is 0 Å². The second kappa shape index (κ2) is 4.12. The van der Waals surface area contributed by atoms with E-state index in [0.29, 0.717) is 5.75 Å². The lowest BCUT2D eigenvalue weighted by atomic mass is 9.73. The smallest absolute Gasteiger partial charge is 0.234 e. The van der Waals surface area contributed by atoms with E-state index in [-0.39, 0.29) is 17.6 Å². The summed E-state index contributed by atoms with van der Waals surface area (Å²) in [6.07, 6.45) is 4.71. The Balaban J connectivity index is 2.10. The fourth-order valence-corrected chi connectivity index (χ4v) is 2.08. The van der Waals surface area contributed by atoms with Gasteiger partial charge in [-0.15, -0.1) is 0 Å². The minimum absolute atomic E-state index is 0.0893. The summed E-state index contributed by atoms with van der Waals surface area (Å²) in [5.74, 6) is 0.783. The summed E-state index contributed by atoms with van der Waals surface area (Å²) < 4.78 is 5.72. The van der Waals surface area contributed by atoms with Crippen molar-refractivity contribution in [3.63, 3.8) is 0 Å². The van der Waals surface area contributed by atoms with Crippen molar-refractivity contribution in [1.82, 2.24) is 10.3 Å². The Morgan fingerprint density at radius 2 is 2.25 bits per heavy atom. The van der Waals surface area contributed by atoms with Gasteiger partial charge in [-0.3, -0.25) is 9.78 Å². The maximum absolute atomic E-state index is 11.6. The fraction of sp³-hybridized carbons (Fsp3) is 0.500. The summed E-state index contributed by atoms with van der Waals surface area (Å²) >= 11 is 0. The first-order chi connectivity index (χ1) is 7.73. The molecule has 1 atom stereocenters. The second-order valence-corrected chi connectivity index (χ2v) is 4.02. The van der Waals surface area contributed by atoms with Crippen LogP contribution in [0.1, 0.15) is 26.7 Å². The van der Waals surface area contributed by atoms with Crippen LogP contribution in [0.3, 0.4) is 0 Å². The van der Waals surface area contributed by atoms with Crippen LogP contribution < -0.4 is 10.1 Å². The molecule has 4 nitrogen and oxygen atoms in total. The zero-order valence-corrected chi connectivity index (χ0v) is 9.56. The van der Waals surface area contributed by atoms with Crippen molar-refractivity contribution < 1.29 is 9.53 Å². The second-order valence-electron chi connectivity index (χ2n) is 4.02. The number of hydrogen-bond donors (Lipinski definition) is 1. The minimum atomic E-state index is -0.365. The third-order valence-corrected chi connectivity index (χ3v) is 3.37. The van der Waals surface area contributed by atoms with E-state index >= 15 is 0 Å². The monoisotopic (exact) mass is 220 g/mol. The van der Waals surface area contributed by atoms with Crippen LogP contribution in [0.25, 0.3) is 0 Å². The van der Waals surface area contributed by atoms with Crippen molar-refractivity contribution in [3.8, 4) is 5.75 Å². The van der Waals surface area contributed by atoms with Gasteiger partial charge in [0.05, 0.1) is 6.20 Å². The molecule has 1 aliphatic heterocycles. The maximum atomic E-state index is 11.6. The van der Waals surface area contributed by atoms with E-state index in [4.69, 9.17) is 4.74 Å². The molecule has 0 aromatic carbocycles. The van der Waals surface area contributed by atoms with E-state index < -0.39 is 0 Å². The van der Waals surface area contributed by atoms with E-state index in [1.807, 2.05) is 26.0 Å². The van der Waals surface area contributed by atoms with Crippen LogP contribution in [0.15, 0.2) is 24.5 Å². The van der Waals surface area contributed by atoms with Crippen LogP contribution in [0, 0.1) is 5.41 Å². The van der Waals surface area contributed by atoms with Crippen molar-refractivity contribution >= 4 is 5.91 Å². The van der Waals surface area contributed by atoms with Crippen molar-refractivity contribution in [2.24, 2.45) is 5.41 Å². The van der Waals surface area contributed by atoms with E-state index in [0.717, 1.165) is 12.8 Å². The largest absolute Gasteiger partial charge is 0.468 e. The van der Waals surface area contributed by atoms with Gasteiger partial charge in [0, 0.05) is 6.20 Å². The summed E-state index contributed by atoms with van der Waals surface area (Å²) in [5, 5.41) is 2.80. The van der Waals surface area contributed by atoms with Crippen molar-refractivity contribution in [2.45, 2.75) is 32.9 Å². The minimum Gasteiger partial charge on any atom is -0.468 e. The zero-order chi connectivity index (χ0) is 11.6. The third kappa shape index (κ3) is 1.54. The molecule has 16 heavy (non-hydrogen) atoms. The molecule has 0 radical (unpaired) electrons. The molecule has 0 aliphatic carbocycles. The highest BCUT2D eigenvalue weighted by atomic mass is 16.5. The lowest BCUT2D eigenvalue weighted by molar-refractivity contribution is -0.161. The normalized spacial score (nSPS) is 22.1. The first-order valence-electron chi connectivity index (χ1n) is 5.60. The Labute approximate surface area is 95.0 Å². The molecule has 0 saturated carbocycles. The Bertz CT molecular complexity index is 374.